The molecule has 16 heavy (non-hydrogen) atoms. The van der Waals surface area contributed by atoms with E-state index in [-0.39, 0.29) is 12.4 Å². The first-order valence-corrected chi connectivity index (χ1v) is 5.08. The standard InChI is InChI=1S/C12H11ClN2.ClH/c13-12-4-2-1-3-11(12)10-5-6-15-8-9(10)7-14;/h1-6,8H,7,14H2;1H. The highest BCUT2D eigenvalue weighted by atomic mass is 35.5. The van der Waals surface area contributed by atoms with Gasteiger partial charge in [0, 0.05) is 29.5 Å². The average molecular weight is 255 g/mol. The molecule has 1 heterocycles. The van der Waals surface area contributed by atoms with Crippen molar-refractivity contribution in [3.8, 4) is 11.1 Å². The maximum absolute atomic E-state index is 6.13. The molecule has 0 aliphatic heterocycles. The van der Waals surface area contributed by atoms with Gasteiger partial charge in [-0.25, -0.2) is 0 Å². The van der Waals surface area contributed by atoms with Crippen LogP contribution in [0.5, 0.6) is 0 Å². The molecular weight excluding hydrogens is 243 g/mol. The second-order valence-electron chi connectivity index (χ2n) is 3.22. The minimum Gasteiger partial charge on any atom is -0.326 e. The van der Waals surface area contributed by atoms with Crippen LogP contribution in [-0.4, -0.2) is 4.98 Å². The maximum Gasteiger partial charge on any atom is 0.0484 e. The molecular formula is C12H12Cl2N2. The molecule has 0 unspecified atom stereocenters. The summed E-state index contributed by atoms with van der Waals surface area (Å²) in [5.74, 6) is 0. The molecule has 2 N–H and O–H groups in total. The van der Waals surface area contributed by atoms with Crippen LogP contribution in [0.25, 0.3) is 11.1 Å². The van der Waals surface area contributed by atoms with Crippen LogP contribution in [-0.2, 0) is 6.54 Å². The summed E-state index contributed by atoms with van der Waals surface area (Å²) in [4.78, 5) is 4.05. The number of hydrogen-bond acceptors (Lipinski definition) is 2. The lowest BCUT2D eigenvalue weighted by Gasteiger charge is -2.08. The highest BCUT2D eigenvalue weighted by Gasteiger charge is 2.06. The minimum absolute atomic E-state index is 0. The maximum atomic E-state index is 6.13. The van der Waals surface area contributed by atoms with Gasteiger partial charge in [0.05, 0.1) is 0 Å². The van der Waals surface area contributed by atoms with E-state index >= 15 is 0 Å². The van der Waals surface area contributed by atoms with E-state index in [0.29, 0.717) is 6.54 Å². The summed E-state index contributed by atoms with van der Waals surface area (Å²) in [5, 5.41) is 0.735. The quantitative estimate of drug-likeness (QED) is 0.894. The van der Waals surface area contributed by atoms with Crippen LogP contribution in [0, 0.1) is 0 Å². The molecule has 0 bridgehead atoms. The van der Waals surface area contributed by atoms with Crippen LogP contribution in [0.1, 0.15) is 5.56 Å². The monoisotopic (exact) mass is 254 g/mol. The first-order chi connectivity index (χ1) is 7.33. The summed E-state index contributed by atoms with van der Waals surface area (Å²) in [6.45, 7) is 0.467. The van der Waals surface area contributed by atoms with E-state index in [2.05, 4.69) is 4.98 Å². The summed E-state index contributed by atoms with van der Waals surface area (Å²) in [6.07, 6.45) is 3.52. The van der Waals surface area contributed by atoms with Crippen LogP contribution < -0.4 is 5.73 Å². The van der Waals surface area contributed by atoms with Crippen molar-refractivity contribution in [3.63, 3.8) is 0 Å². The third-order valence-electron chi connectivity index (χ3n) is 2.29. The topological polar surface area (TPSA) is 38.9 Å². The van der Waals surface area contributed by atoms with E-state index < -0.39 is 0 Å². The van der Waals surface area contributed by atoms with Crippen LogP contribution in [0.4, 0.5) is 0 Å². The Morgan fingerprint density at radius 2 is 1.88 bits per heavy atom. The van der Waals surface area contributed by atoms with Gasteiger partial charge in [-0.15, -0.1) is 12.4 Å². The van der Waals surface area contributed by atoms with Gasteiger partial charge < -0.3 is 5.73 Å². The van der Waals surface area contributed by atoms with Gasteiger partial charge in [-0.05, 0) is 23.3 Å². The van der Waals surface area contributed by atoms with Gasteiger partial charge in [-0.3, -0.25) is 4.98 Å². The number of aromatic nitrogens is 1. The van der Waals surface area contributed by atoms with E-state index in [9.17, 15) is 0 Å². The molecule has 2 aromatic rings. The molecule has 4 heteroatoms. The van der Waals surface area contributed by atoms with Gasteiger partial charge in [0.25, 0.3) is 0 Å². The number of halogens is 2. The lowest BCUT2D eigenvalue weighted by Crippen LogP contribution is -1.99. The van der Waals surface area contributed by atoms with Crippen molar-refractivity contribution in [2.45, 2.75) is 6.54 Å². The second kappa shape index (κ2) is 5.85. The van der Waals surface area contributed by atoms with Crippen molar-refractivity contribution in [2.24, 2.45) is 5.73 Å². The number of nitrogens with two attached hydrogens (primary N) is 1. The lowest BCUT2D eigenvalue weighted by molar-refractivity contribution is 1.05. The number of nitrogens with zero attached hydrogens (tertiary/aromatic N) is 1. The predicted octanol–water partition coefficient (Wildman–Crippen LogP) is 3.28. The van der Waals surface area contributed by atoms with Gasteiger partial charge in [-0.1, -0.05) is 29.8 Å². The highest BCUT2D eigenvalue weighted by Crippen LogP contribution is 2.29. The zero-order chi connectivity index (χ0) is 10.7. The molecule has 1 aromatic carbocycles. The molecule has 0 amide bonds. The normalized spacial score (nSPS) is 9.62. The van der Waals surface area contributed by atoms with Crippen molar-refractivity contribution < 1.29 is 0 Å². The average Bonchev–Trinajstić information content (AvgIpc) is 2.30. The molecule has 0 atom stereocenters. The fraction of sp³-hybridized carbons (Fsp3) is 0.0833. The summed E-state index contributed by atoms with van der Waals surface area (Å²) in [5.41, 5.74) is 8.72. The van der Waals surface area contributed by atoms with Gasteiger partial charge in [0.1, 0.15) is 0 Å². The number of benzene rings is 1. The Bertz CT molecular complexity index is 472. The Hall–Kier alpha value is -1.09. The van der Waals surface area contributed by atoms with E-state index in [4.69, 9.17) is 17.3 Å². The van der Waals surface area contributed by atoms with Crippen molar-refractivity contribution in [2.75, 3.05) is 0 Å². The first kappa shape index (κ1) is 13.0. The second-order valence-corrected chi connectivity index (χ2v) is 3.62. The number of hydrogen-bond donors (Lipinski definition) is 1. The molecule has 0 fully saturated rings. The van der Waals surface area contributed by atoms with E-state index in [1.807, 2.05) is 30.3 Å². The van der Waals surface area contributed by atoms with Crippen molar-refractivity contribution in [1.29, 1.82) is 0 Å². The zero-order valence-corrected chi connectivity index (χ0v) is 10.1. The molecule has 84 valence electrons. The van der Waals surface area contributed by atoms with Gasteiger partial charge >= 0.3 is 0 Å². The van der Waals surface area contributed by atoms with Crippen LogP contribution in [0.3, 0.4) is 0 Å². The fourth-order valence-corrected chi connectivity index (χ4v) is 1.77. The minimum atomic E-state index is 0. The van der Waals surface area contributed by atoms with Gasteiger partial charge in [0.15, 0.2) is 0 Å². The van der Waals surface area contributed by atoms with Crippen molar-refractivity contribution in [1.82, 2.24) is 4.98 Å². The third kappa shape index (κ3) is 2.53. The molecule has 0 saturated heterocycles. The molecule has 0 aliphatic carbocycles. The largest absolute Gasteiger partial charge is 0.326 e. The lowest BCUT2D eigenvalue weighted by atomic mass is 10.0. The fourth-order valence-electron chi connectivity index (χ4n) is 1.53. The number of rotatable bonds is 2. The van der Waals surface area contributed by atoms with Crippen LogP contribution >= 0.6 is 24.0 Å². The zero-order valence-electron chi connectivity index (χ0n) is 8.56. The predicted molar refractivity (Wildman–Crippen MR) is 69.8 cm³/mol. The Labute approximate surface area is 106 Å². The Kier molecular flexibility index (Phi) is 4.74. The number of pyridine rings is 1. The molecule has 0 radical (unpaired) electrons. The van der Waals surface area contributed by atoms with Gasteiger partial charge in [0.2, 0.25) is 0 Å². The molecule has 2 nitrogen and oxygen atoms in total. The first-order valence-electron chi connectivity index (χ1n) is 4.71. The molecule has 2 rings (SSSR count). The summed E-state index contributed by atoms with van der Waals surface area (Å²) in [6, 6.07) is 9.66. The molecule has 1 aromatic heterocycles. The Morgan fingerprint density at radius 3 is 2.56 bits per heavy atom. The molecule has 0 spiro atoms. The van der Waals surface area contributed by atoms with Gasteiger partial charge in [-0.2, -0.15) is 0 Å². The highest BCUT2D eigenvalue weighted by molar-refractivity contribution is 6.33. The van der Waals surface area contributed by atoms with E-state index in [1.165, 1.54) is 0 Å². The van der Waals surface area contributed by atoms with Crippen molar-refractivity contribution >= 4 is 24.0 Å². The Balaban J connectivity index is 0.00000128. The third-order valence-corrected chi connectivity index (χ3v) is 2.62. The Morgan fingerprint density at radius 1 is 1.12 bits per heavy atom. The summed E-state index contributed by atoms with van der Waals surface area (Å²) >= 11 is 6.13. The molecule has 0 saturated carbocycles. The SMILES string of the molecule is Cl.NCc1cnccc1-c1ccccc1Cl. The van der Waals surface area contributed by atoms with Crippen molar-refractivity contribution in [3.05, 3.63) is 53.3 Å². The van der Waals surface area contributed by atoms with Crippen LogP contribution in [0.15, 0.2) is 42.7 Å². The molecule has 0 aliphatic rings. The summed E-state index contributed by atoms with van der Waals surface area (Å²) in [7, 11) is 0. The van der Waals surface area contributed by atoms with E-state index in [0.717, 1.165) is 21.7 Å². The van der Waals surface area contributed by atoms with Crippen LogP contribution in [0.2, 0.25) is 5.02 Å². The van der Waals surface area contributed by atoms with E-state index in [1.54, 1.807) is 12.4 Å². The summed E-state index contributed by atoms with van der Waals surface area (Å²) < 4.78 is 0. The smallest absolute Gasteiger partial charge is 0.0484 e.